The van der Waals surface area contributed by atoms with Crippen LogP contribution >= 0.6 is 0 Å². The van der Waals surface area contributed by atoms with Crippen LogP contribution in [-0.2, 0) is 0 Å². The van der Waals surface area contributed by atoms with E-state index in [4.69, 9.17) is 0 Å². The Bertz CT molecular complexity index is 514. The lowest BCUT2D eigenvalue weighted by Gasteiger charge is -2.56. The van der Waals surface area contributed by atoms with Crippen LogP contribution in [0.4, 0.5) is 0 Å². The summed E-state index contributed by atoms with van der Waals surface area (Å²) >= 11 is 0. The number of amides is 1. The maximum absolute atomic E-state index is 12.3. The fraction of sp³-hybridized carbons (Fsp3) is 0.667. The Kier molecular flexibility index (Phi) is 3.05. The number of carbonyl (C=O) groups excluding carboxylic acids is 1. The molecule has 4 fully saturated rings. The highest BCUT2D eigenvalue weighted by molar-refractivity contribution is 5.93. The third-order valence-corrected chi connectivity index (χ3v) is 5.96. The molecule has 1 aromatic rings. The second-order valence-corrected chi connectivity index (χ2v) is 7.79. The van der Waals surface area contributed by atoms with E-state index in [1.807, 2.05) is 19.1 Å². The van der Waals surface area contributed by atoms with E-state index in [0.717, 1.165) is 30.0 Å². The molecule has 5 rings (SSSR count). The normalized spacial score (nSPS) is 36.7. The van der Waals surface area contributed by atoms with Crippen LogP contribution in [0.5, 0.6) is 0 Å². The van der Waals surface area contributed by atoms with Gasteiger partial charge < -0.3 is 5.32 Å². The Morgan fingerprint density at radius 1 is 1.19 bits per heavy atom. The molecule has 1 amide bonds. The van der Waals surface area contributed by atoms with Gasteiger partial charge in [-0.05, 0) is 80.8 Å². The molecule has 1 N–H and O–H groups in total. The lowest BCUT2D eigenvalue weighted by molar-refractivity contribution is -0.0503. The van der Waals surface area contributed by atoms with Crippen LogP contribution < -0.4 is 5.32 Å². The Morgan fingerprint density at radius 3 is 2.33 bits per heavy atom. The molecule has 1 aromatic heterocycles. The minimum absolute atomic E-state index is 0.0400. The summed E-state index contributed by atoms with van der Waals surface area (Å²) in [5.41, 5.74) is 2.04. The van der Waals surface area contributed by atoms with E-state index < -0.39 is 0 Å². The summed E-state index contributed by atoms with van der Waals surface area (Å²) in [5.74, 6) is 2.86. The summed E-state index contributed by atoms with van der Waals surface area (Å²) in [4.78, 5) is 16.5. The second kappa shape index (κ2) is 4.82. The summed E-state index contributed by atoms with van der Waals surface area (Å²) in [6, 6.07) is 3.77. The predicted octanol–water partition coefficient (Wildman–Crippen LogP) is 3.34. The summed E-state index contributed by atoms with van der Waals surface area (Å²) in [6.45, 7) is 2.81. The molecule has 4 bridgehead atoms. The van der Waals surface area contributed by atoms with Gasteiger partial charge in [0.25, 0.3) is 5.91 Å². The molecule has 0 radical (unpaired) electrons. The highest BCUT2D eigenvalue weighted by atomic mass is 16.1. The second-order valence-electron chi connectivity index (χ2n) is 7.79. The number of aryl methyl sites for hydroxylation is 1. The molecule has 112 valence electrons. The van der Waals surface area contributed by atoms with Crippen LogP contribution in [0.25, 0.3) is 0 Å². The zero-order valence-electron chi connectivity index (χ0n) is 12.8. The molecular weight excluding hydrogens is 260 g/mol. The molecule has 3 heteroatoms. The van der Waals surface area contributed by atoms with Gasteiger partial charge in [-0.3, -0.25) is 9.78 Å². The van der Waals surface area contributed by atoms with Crippen LogP contribution in [0, 0.1) is 30.1 Å². The number of pyridine rings is 1. The Balaban J connectivity index is 1.42. The van der Waals surface area contributed by atoms with E-state index in [1.165, 1.54) is 38.5 Å². The molecule has 0 spiro atoms. The lowest BCUT2D eigenvalue weighted by Crippen LogP contribution is -2.51. The number of hydrogen-bond donors (Lipinski definition) is 1. The van der Waals surface area contributed by atoms with Crippen LogP contribution in [0.2, 0.25) is 0 Å². The van der Waals surface area contributed by atoms with Crippen LogP contribution in [0.3, 0.4) is 0 Å². The molecule has 3 nitrogen and oxygen atoms in total. The zero-order chi connectivity index (χ0) is 14.4. The Labute approximate surface area is 126 Å². The first-order valence-corrected chi connectivity index (χ1v) is 8.33. The third-order valence-electron chi connectivity index (χ3n) is 5.96. The minimum Gasteiger partial charge on any atom is -0.351 e. The summed E-state index contributed by atoms with van der Waals surface area (Å²) in [7, 11) is 0. The van der Waals surface area contributed by atoms with Gasteiger partial charge >= 0.3 is 0 Å². The topological polar surface area (TPSA) is 42.0 Å². The number of carbonyl (C=O) groups is 1. The quantitative estimate of drug-likeness (QED) is 0.925. The average Bonchev–Trinajstić information content (AvgIpc) is 2.44. The van der Waals surface area contributed by atoms with Crippen molar-refractivity contribution in [3.05, 3.63) is 29.6 Å². The van der Waals surface area contributed by atoms with Crippen LogP contribution in [0.1, 0.15) is 54.6 Å². The van der Waals surface area contributed by atoms with E-state index in [0.29, 0.717) is 11.0 Å². The minimum atomic E-state index is 0.0400. The van der Waals surface area contributed by atoms with Gasteiger partial charge in [-0.1, -0.05) is 0 Å². The van der Waals surface area contributed by atoms with Gasteiger partial charge in [0, 0.05) is 18.4 Å². The standard InChI is InChI=1S/C18H24N2O/c1-12-2-3-16(10-19-12)17(21)20-11-18-7-13-4-14(8-18)6-15(5-13)9-18/h2-3,10,13-15H,4-9,11H2,1H3,(H,20,21). The van der Waals surface area contributed by atoms with Crippen molar-refractivity contribution in [3.63, 3.8) is 0 Å². The van der Waals surface area contributed by atoms with Crippen molar-refractivity contribution in [1.29, 1.82) is 0 Å². The number of nitrogens with one attached hydrogen (secondary N) is 1. The van der Waals surface area contributed by atoms with Crippen molar-refractivity contribution < 1.29 is 4.79 Å². The Hall–Kier alpha value is -1.38. The van der Waals surface area contributed by atoms with Gasteiger partial charge in [0.15, 0.2) is 0 Å². The largest absolute Gasteiger partial charge is 0.351 e. The third kappa shape index (κ3) is 2.47. The molecule has 0 atom stereocenters. The summed E-state index contributed by atoms with van der Waals surface area (Å²) in [6.07, 6.45) is 10.1. The molecule has 21 heavy (non-hydrogen) atoms. The van der Waals surface area contributed by atoms with Gasteiger partial charge in [-0.2, -0.15) is 0 Å². The number of rotatable bonds is 3. The molecule has 0 saturated heterocycles. The maximum Gasteiger partial charge on any atom is 0.252 e. The first kappa shape index (κ1) is 13.3. The van der Waals surface area contributed by atoms with Crippen molar-refractivity contribution in [2.45, 2.75) is 45.4 Å². The first-order chi connectivity index (χ1) is 10.1. The van der Waals surface area contributed by atoms with Crippen molar-refractivity contribution in [3.8, 4) is 0 Å². The van der Waals surface area contributed by atoms with E-state index in [-0.39, 0.29) is 5.91 Å². The predicted molar refractivity (Wildman–Crippen MR) is 81.9 cm³/mol. The van der Waals surface area contributed by atoms with Crippen LogP contribution in [-0.4, -0.2) is 17.4 Å². The van der Waals surface area contributed by atoms with Crippen molar-refractivity contribution in [2.24, 2.45) is 23.2 Å². The van der Waals surface area contributed by atoms with Gasteiger partial charge in [0.05, 0.1) is 5.56 Å². The highest BCUT2D eigenvalue weighted by Gasteiger charge is 2.50. The van der Waals surface area contributed by atoms with Crippen molar-refractivity contribution in [1.82, 2.24) is 10.3 Å². The molecule has 4 aliphatic rings. The van der Waals surface area contributed by atoms with E-state index >= 15 is 0 Å². The molecule has 0 aliphatic heterocycles. The SMILES string of the molecule is Cc1ccc(C(=O)NCC23CC4CC(CC(C4)C2)C3)cn1. The summed E-state index contributed by atoms with van der Waals surface area (Å²) in [5, 5.41) is 3.20. The van der Waals surface area contributed by atoms with E-state index in [1.54, 1.807) is 6.20 Å². The lowest BCUT2D eigenvalue weighted by atomic mass is 9.49. The number of hydrogen-bond acceptors (Lipinski definition) is 2. The monoisotopic (exact) mass is 284 g/mol. The fourth-order valence-corrected chi connectivity index (χ4v) is 5.48. The van der Waals surface area contributed by atoms with Crippen molar-refractivity contribution >= 4 is 5.91 Å². The van der Waals surface area contributed by atoms with E-state index in [9.17, 15) is 4.79 Å². The van der Waals surface area contributed by atoms with Crippen molar-refractivity contribution in [2.75, 3.05) is 6.54 Å². The number of nitrogens with zero attached hydrogens (tertiary/aromatic N) is 1. The van der Waals surface area contributed by atoms with Gasteiger partial charge in [0.2, 0.25) is 0 Å². The maximum atomic E-state index is 12.3. The first-order valence-electron chi connectivity index (χ1n) is 8.33. The number of aromatic nitrogens is 1. The van der Waals surface area contributed by atoms with Crippen LogP contribution in [0.15, 0.2) is 18.3 Å². The molecule has 1 heterocycles. The highest BCUT2D eigenvalue weighted by Crippen LogP contribution is 2.59. The van der Waals surface area contributed by atoms with Gasteiger partial charge in [-0.25, -0.2) is 0 Å². The van der Waals surface area contributed by atoms with Gasteiger partial charge in [0.1, 0.15) is 0 Å². The molecule has 0 aromatic carbocycles. The molecule has 4 saturated carbocycles. The smallest absolute Gasteiger partial charge is 0.252 e. The zero-order valence-corrected chi connectivity index (χ0v) is 12.8. The summed E-state index contributed by atoms with van der Waals surface area (Å²) < 4.78 is 0. The average molecular weight is 284 g/mol. The molecule has 0 unspecified atom stereocenters. The molecule has 4 aliphatic carbocycles. The Morgan fingerprint density at radius 2 is 1.81 bits per heavy atom. The van der Waals surface area contributed by atoms with Gasteiger partial charge in [-0.15, -0.1) is 0 Å². The molecular formula is C18H24N2O. The van der Waals surface area contributed by atoms with E-state index in [2.05, 4.69) is 10.3 Å². The fourth-order valence-electron chi connectivity index (χ4n) is 5.48.